The third kappa shape index (κ3) is 57.9. The summed E-state index contributed by atoms with van der Waals surface area (Å²) in [5.41, 5.74) is 0. The number of unbranched alkanes of at least 4 members (excludes halogenated alkanes) is 49. The fraction of sp³-hybridized carbons (Fsp3) is 0.939. The number of rotatable bonds is 62. The predicted molar refractivity (Wildman–Crippen MR) is 315 cm³/mol. The first-order chi connectivity index (χ1) is 35.5. The van der Waals surface area contributed by atoms with Crippen LogP contribution in [0.4, 0.5) is 0 Å². The normalized spacial score (nSPS) is 12.6. The molecule has 0 saturated heterocycles. The molecule has 0 aliphatic carbocycles. The summed E-state index contributed by atoms with van der Waals surface area (Å²) in [6.45, 7) is 4.97. The van der Waals surface area contributed by atoms with Gasteiger partial charge in [-0.3, -0.25) is 9.59 Å². The highest BCUT2D eigenvalue weighted by atomic mass is 16.5. The molecule has 0 rings (SSSR count). The van der Waals surface area contributed by atoms with Crippen molar-refractivity contribution in [3.63, 3.8) is 0 Å². The standard InChI is InChI=1S/C66H129NO5/c1-3-5-7-9-11-13-15-17-30-34-38-42-46-50-54-58-64(69)63(62-68)67-65(70)59-55-51-47-43-39-35-32-28-26-24-22-20-19-21-23-25-27-29-33-37-41-45-49-53-57-61-72-66(71)60-56-52-48-44-40-36-31-18-16-14-12-10-8-6-4-2/h18,31,63-64,68-69H,3-17,19-30,32-62H2,1-2H3,(H,67,70)/b31-18-. The van der Waals surface area contributed by atoms with Crippen LogP contribution in [0.3, 0.4) is 0 Å². The Balaban J connectivity index is 3.35. The minimum atomic E-state index is -0.662. The average molecular weight is 1020 g/mol. The van der Waals surface area contributed by atoms with Gasteiger partial charge in [-0.2, -0.15) is 0 Å². The van der Waals surface area contributed by atoms with Crippen LogP contribution in [0.2, 0.25) is 0 Å². The number of ether oxygens (including phenoxy) is 1. The molecule has 428 valence electrons. The van der Waals surface area contributed by atoms with Crippen molar-refractivity contribution in [2.24, 2.45) is 0 Å². The molecule has 6 heteroatoms. The molecule has 0 aromatic carbocycles. The first kappa shape index (κ1) is 70.6. The van der Waals surface area contributed by atoms with E-state index in [1.54, 1.807) is 0 Å². The maximum atomic E-state index is 12.5. The Morgan fingerprint density at radius 3 is 0.986 bits per heavy atom. The van der Waals surface area contributed by atoms with Gasteiger partial charge in [0.15, 0.2) is 0 Å². The lowest BCUT2D eigenvalue weighted by Gasteiger charge is -2.22. The summed E-state index contributed by atoms with van der Waals surface area (Å²) in [4.78, 5) is 24.6. The minimum Gasteiger partial charge on any atom is -0.466 e. The van der Waals surface area contributed by atoms with E-state index in [9.17, 15) is 19.8 Å². The van der Waals surface area contributed by atoms with Gasteiger partial charge in [-0.1, -0.05) is 321 Å². The molecule has 0 aromatic heterocycles. The summed E-state index contributed by atoms with van der Waals surface area (Å²) >= 11 is 0. The number of hydrogen-bond donors (Lipinski definition) is 3. The van der Waals surface area contributed by atoms with Crippen molar-refractivity contribution in [1.82, 2.24) is 5.32 Å². The number of amides is 1. The van der Waals surface area contributed by atoms with Crippen molar-refractivity contribution in [2.75, 3.05) is 13.2 Å². The van der Waals surface area contributed by atoms with Gasteiger partial charge >= 0.3 is 5.97 Å². The van der Waals surface area contributed by atoms with Crippen molar-refractivity contribution in [2.45, 2.75) is 386 Å². The Morgan fingerprint density at radius 1 is 0.375 bits per heavy atom. The second-order valence-electron chi connectivity index (χ2n) is 22.8. The van der Waals surface area contributed by atoms with Gasteiger partial charge in [-0.05, 0) is 51.4 Å². The lowest BCUT2D eigenvalue weighted by atomic mass is 10.0. The van der Waals surface area contributed by atoms with Gasteiger partial charge in [0.25, 0.3) is 0 Å². The number of nitrogens with one attached hydrogen (secondary N) is 1. The Hall–Kier alpha value is -1.40. The zero-order valence-electron chi connectivity index (χ0n) is 48.9. The minimum absolute atomic E-state index is 0.00928. The van der Waals surface area contributed by atoms with E-state index in [-0.39, 0.29) is 18.5 Å². The van der Waals surface area contributed by atoms with Crippen LogP contribution in [0.5, 0.6) is 0 Å². The molecule has 0 aliphatic rings. The Kier molecular flexibility index (Phi) is 60.9. The fourth-order valence-corrected chi connectivity index (χ4v) is 10.5. The Morgan fingerprint density at radius 2 is 0.653 bits per heavy atom. The van der Waals surface area contributed by atoms with Crippen LogP contribution >= 0.6 is 0 Å². The Labute approximate surface area is 450 Å². The highest BCUT2D eigenvalue weighted by Crippen LogP contribution is 2.19. The zero-order valence-corrected chi connectivity index (χ0v) is 48.9. The molecule has 0 spiro atoms. The lowest BCUT2D eigenvalue weighted by Crippen LogP contribution is -2.45. The average Bonchev–Trinajstić information content (AvgIpc) is 3.38. The van der Waals surface area contributed by atoms with Gasteiger partial charge < -0.3 is 20.3 Å². The molecule has 0 fully saturated rings. The van der Waals surface area contributed by atoms with Gasteiger partial charge in [0.1, 0.15) is 0 Å². The molecule has 1 amide bonds. The van der Waals surface area contributed by atoms with Gasteiger partial charge in [-0.15, -0.1) is 0 Å². The quantitative estimate of drug-likeness (QED) is 0.0320. The highest BCUT2D eigenvalue weighted by Gasteiger charge is 2.20. The topological polar surface area (TPSA) is 95.9 Å². The van der Waals surface area contributed by atoms with E-state index >= 15 is 0 Å². The van der Waals surface area contributed by atoms with E-state index < -0.39 is 12.1 Å². The van der Waals surface area contributed by atoms with E-state index in [2.05, 4.69) is 31.3 Å². The fourth-order valence-electron chi connectivity index (χ4n) is 10.5. The molecular weight excluding hydrogens is 887 g/mol. The van der Waals surface area contributed by atoms with Crippen molar-refractivity contribution < 1.29 is 24.5 Å². The molecule has 0 heterocycles. The van der Waals surface area contributed by atoms with E-state index in [4.69, 9.17) is 4.74 Å². The zero-order chi connectivity index (χ0) is 52.2. The summed E-state index contributed by atoms with van der Waals surface area (Å²) in [6.07, 6.45) is 75.2. The molecule has 3 N–H and O–H groups in total. The molecule has 0 bridgehead atoms. The van der Waals surface area contributed by atoms with Crippen LogP contribution < -0.4 is 5.32 Å². The monoisotopic (exact) mass is 1020 g/mol. The van der Waals surface area contributed by atoms with E-state index in [1.165, 1.54) is 295 Å². The number of esters is 1. The predicted octanol–water partition coefficient (Wildman–Crippen LogP) is 20.8. The maximum absolute atomic E-state index is 12.5. The van der Waals surface area contributed by atoms with E-state index in [0.29, 0.717) is 25.9 Å². The molecule has 2 unspecified atom stereocenters. The van der Waals surface area contributed by atoms with Gasteiger partial charge in [0, 0.05) is 12.8 Å². The second-order valence-corrected chi connectivity index (χ2v) is 22.8. The molecule has 0 saturated carbocycles. The second kappa shape index (κ2) is 62.1. The molecular formula is C66H129NO5. The summed E-state index contributed by atoms with van der Waals surface area (Å²) in [5, 5.41) is 23.3. The molecule has 6 nitrogen and oxygen atoms in total. The number of carbonyl (C=O) groups is 2. The van der Waals surface area contributed by atoms with Gasteiger partial charge in [-0.25, -0.2) is 0 Å². The van der Waals surface area contributed by atoms with Crippen LogP contribution in [0.25, 0.3) is 0 Å². The third-order valence-corrected chi connectivity index (χ3v) is 15.6. The number of aliphatic hydroxyl groups excluding tert-OH is 2. The summed E-state index contributed by atoms with van der Waals surface area (Å²) in [7, 11) is 0. The van der Waals surface area contributed by atoms with E-state index in [0.717, 1.165) is 44.9 Å². The molecule has 0 aromatic rings. The number of carbonyl (C=O) groups excluding carboxylic acids is 2. The largest absolute Gasteiger partial charge is 0.466 e. The van der Waals surface area contributed by atoms with E-state index in [1.807, 2.05) is 0 Å². The van der Waals surface area contributed by atoms with Gasteiger partial charge in [0.2, 0.25) is 5.91 Å². The SMILES string of the molecule is CCCCCCCC/C=C\CCCCCCCC(=O)OCCCCCCCCCCCCCCCCCCCCCCCCCCCC(=O)NC(CO)C(O)CCCCCCCCCCCCCCCCC. The highest BCUT2D eigenvalue weighted by molar-refractivity contribution is 5.76. The Bertz CT molecular complexity index is 1080. The molecule has 0 aliphatic heterocycles. The smallest absolute Gasteiger partial charge is 0.305 e. The maximum Gasteiger partial charge on any atom is 0.305 e. The summed E-state index contributed by atoms with van der Waals surface area (Å²) < 4.78 is 5.49. The van der Waals surface area contributed by atoms with Crippen LogP contribution in [-0.2, 0) is 14.3 Å². The lowest BCUT2D eigenvalue weighted by molar-refractivity contribution is -0.143. The van der Waals surface area contributed by atoms with Crippen LogP contribution in [-0.4, -0.2) is 47.4 Å². The number of allylic oxidation sites excluding steroid dienone is 2. The number of hydrogen-bond acceptors (Lipinski definition) is 5. The van der Waals surface area contributed by atoms with Crippen LogP contribution in [0.1, 0.15) is 373 Å². The van der Waals surface area contributed by atoms with Crippen LogP contribution in [0.15, 0.2) is 12.2 Å². The molecule has 0 radical (unpaired) electrons. The van der Waals surface area contributed by atoms with Crippen molar-refractivity contribution in [3.8, 4) is 0 Å². The first-order valence-corrected chi connectivity index (χ1v) is 32.9. The van der Waals surface area contributed by atoms with Crippen LogP contribution in [0, 0.1) is 0 Å². The first-order valence-electron chi connectivity index (χ1n) is 32.9. The van der Waals surface area contributed by atoms with Crippen molar-refractivity contribution in [1.29, 1.82) is 0 Å². The third-order valence-electron chi connectivity index (χ3n) is 15.6. The van der Waals surface area contributed by atoms with Gasteiger partial charge in [0.05, 0.1) is 25.4 Å². The molecule has 2 atom stereocenters. The number of aliphatic hydroxyl groups is 2. The summed E-state index contributed by atoms with van der Waals surface area (Å²) in [5.74, 6) is -0.0211. The molecule has 72 heavy (non-hydrogen) atoms. The van der Waals surface area contributed by atoms with Crippen molar-refractivity contribution >= 4 is 11.9 Å². The summed E-state index contributed by atoms with van der Waals surface area (Å²) in [6, 6.07) is -0.539. The van der Waals surface area contributed by atoms with Crippen molar-refractivity contribution in [3.05, 3.63) is 12.2 Å².